The van der Waals surface area contributed by atoms with Gasteiger partial charge in [-0.1, -0.05) is 17.7 Å². The summed E-state index contributed by atoms with van der Waals surface area (Å²) in [5, 5.41) is 0. The van der Waals surface area contributed by atoms with Crippen LogP contribution in [0.4, 0.5) is 5.69 Å². The Labute approximate surface area is 158 Å². The second-order valence-electron chi connectivity index (χ2n) is 7.38. The molecule has 0 spiro atoms. The molecule has 2 aliphatic heterocycles. The summed E-state index contributed by atoms with van der Waals surface area (Å²) in [4.78, 5) is 41.6. The van der Waals surface area contributed by atoms with Crippen molar-refractivity contribution >= 4 is 23.4 Å². The summed E-state index contributed by atoms with van der Waals surface area (Å²) >= 11 is 0. The molecule has 0 bridgehead atoms. The minimum atomic E-state index is -0.375. The van der Waals surface area contributed by atoms with Gasteiger partial charge >= 0.3 is 0 Å². The zero-order chi connectivity index (χ0) is 19.1. The van der Waals surface area contributed by atoms with Crippen molar-refractivity contribution in [3.05, 3.63) is 64.7 Å². The highest BCUT2D eigenvalue weighted by Gasteiger charge is 2.37. The van der Waals surface area contributed by atoms with E-state index in [9.17, 15) is 14.4 Å². The molecule has 2 aromatic carbocycles. The average molecular weight is 362 g/mol. The Morgan fingerprint density at radius 2 is 1.67 bits per heavy atom. The van der Waals surface area contributed by atoms with Gasteiger partial charge in [0.1, 0.15) is 0 Å². The average Bonchev–Trinajstić information content (AvgIpc) is 2.93. The molecule has 0 saturated carbocycles. The number of amides is 3. The second kappa shape index (κ2) is 6.65. The van der Waals surface area contributed by atoms with Crippen LogP contribution in [0.5, 0.6) is 0 Å². The topological polar surface area (TPSA) is 57.7 Å². The van der Waals surface area contributed by atoms with Crippen LogP contribution < -0.4 is 4.90 Å². The van der Waals surface area contributed by atoms with Crippen molar-refractivity contribution in [1.82, 2.24) is 4.90 Å². The van der Waals surface area contributed by atoms with Gasteiger partial charge in [0.25, 0.3) is 17.7 Å². The molecule has 1 saturated heterocycles. The van der Waals surface area contributed by atoms with Crippen molar-refractivity contribution in [3.63, 3.8) is 0 Å². The smallest absolute Gasteiger partial charge is 0.266 e. The van der Waals surface area contributed by atoms with Crippen LogP contribution in [0.2, 0.25) is 0 Å². The molecule has 0 aromatic heterocycles. The number of aryl methyl sites for hydroxylation is 1. The number of carbonyl (C=O) groups excluding carboxylic acids is 3. The van der Waals surface area contributed by atoms with E-state index in [-0.39, 0.29) is 23.8 Å². The third-order valence-electron chi connectivity index (χ3n) is 5.49. The number of hydrogen-bond donors (Lipinski definition) is 0. The maximum Gasteiger partial charge on any atom is 0.266 e. The number of carbonyl (C=O) groups is 3. The molecule has 4 rings (SSSR count). The molecule has 138 valence electrons. The molecule has 2 aliphatic rings. The third-order valence-corrected chi connectivity index (χ3v) is 5.49. The lowest BCUT2D eigenvalue weighted by Gasteiger charge is -2.33. The van der Waals surface area contributed by atoms with Gasteiger partial charge in [-0.15, -0.1) is 0 Å². The fourth-order valence-electron chi connectivity index (χ4n) is 3.87. The largest absolute Gasteiger partial charge is 0.336 e. The van der Waals surface area contributed by atoms with Crippen molar-refractivity contribution in [3.8, 4) is 0 Å². The van der Waals surface area contributed by atoms with Crippen LogP contribution in [-0.4, -0.2) is 35.2 Å². The minimum Gasteiger partial charge on any atom is -0.336 e. The zero-order valence-corrected chi connectivity index (χ0v) is 15.6. The molecule has 5 heteroatoms. The van der Waals surface area contributed by atoms with Gasteiger partial charge in [0.2, 0.25) is 0 Å². The molecular formula is C22H22N2O3. The highest BCUT2D eigenvalue weighted by molar-refractivity contribution is 6.34. The molecule has 0 N–H and O–H groups in total. The Bertz CT molecular complexity index is 933. The fourth-order valence-corrected chi connectivity index (χ4v) is 3.87. The quantitative estimate of drug-likeness (QED) is 0.764. The molecule has 1 fully saturated rings. The van der Waals surface area contributed by atoms with Crippen molar-refractivity contribution in [2.75, 3.05) is 11.4 Å². The van der Waals surface area contributed by atoms with Crippen LogP contribution in [0.1, 0.15) is 62.8 Å². The first-order valence-electron chi connectivity index (χ1n) is 9.38. The van der Waals surface area contributed by atoms with Crippen LogP contribution in [0.3, 0.4) is 0 Å². The van der Waals surface area contributed by atoms with Crippen molar-refractivity contribution < 1.29 is 14.4 Å². The lowest BCUT2D eigenvalue weighted by molar-refractivity contribution is 0.0635. The van der Waals surface area contributed by atoms with E-state index in [1.54, 1.807) is 30.3 Å². The summed E-state index contributed by atoms with van der Waals surface area (Å²) in [5.74, 6) is -0.788. The molecule has 0 aliphatic carbocycles. The molecule has 27 heavy (non-hydrogen) atoms. The molecule has 2 aromatic rings. The van der Waals surface area contributed by atoms with E-state index in [0.29, 0.717) is 22.4 Å². The third kappa shape index (κ3) is 2.93. The Kier molecular flexibility index (Phi) is 4.30. The van der Waals surface area contributed by atoms with Gasteiger partial charge in [0.05, 0.1) is 16.8 Å². The summed E-state index contributed by atoms with van der Waals surface area (Å²) in [6.45, 7) is 4.74. The van der Waals surface area contributed by atoms with Gasteiger partial charge in [-0.05, 0) is 63.4 Å². The number of imide groups is 1. The Hall–Kier alpha value is -2.95. The van der Waals surface area contributed by atoms with Gasteiger partial charge < -0.3 is 4.90 Å². The zero-order valence-electron chi connectivity index (χ0n) is 15.6. The molecule has 0 unspecified atom stereocenters. The van der Waals surface area contributed by atoms with E-state index in [2.05, 4.69) is 6.92 Å². The molecule has 0 radical (unpaired) electrons. The maximum absolute atomic E-state index is 12.9. The number of rotatable bonds is 2. The highest BCUT2D eigenvalue weighted by Crippen LogP contribution is 2.30. The van der Waals surface area contributed by atoms with E-state index in [4.69, 9.17) is 0 Å². The van der Waals surface area contributed by atoms with Crippen LogP contribution in [0.25, 0.3) is 0 Å². The number of nitrogens with zero attached hydrogens (tertiary/aromatic N) is 2. The maximum atomic E-state index is 12.9. The van der Waals surface area contributed by atoms with Gasteiger partial charge in [-0.2, -0.15) is 0 Å². The normalized spacial score (nSPS) is 19.4. The number of fused-ring (bicyclic) bond motifs is 1. The van der Waals surface area contributed by atoms with E-state index in [0.717, 1.165) is 31.4 Å². The first-order chi connectivity index (χ1) is 13.0. The first kappa shape index (κ1) is 17.5. The minimum absolute atomic E-state index is 0.0703. The van der Waals surface area contributed by atoms with E-state index in [1.807, 2.05) is 24.0 Å². The number of piperidine rings is 1. The van der Waals surface area contributed by atoms with Crippen LogP contribution >= 0.6 is 0 Å². The summed E-state index contributed by atoms with van der Waals surface area (Å²) in [5.41, 5.74) is 2.72. The van der Waals surface area contributed by atoms with Crippen molar-refractivity contribution in [1.29, 1.82) is 0 Å². The molecular weight excluding hydrogens is 340 g/mol. The van der Waals surface area contributed by atoms with Crippen LogP contribution in [-0.2, 0) is 0 Å². The van der Waals surface area contributed by atoms with Crippen molar-refractivity contribution in [2.24, 2.45) is 0 Å². The summed E-state index contributed by atoms with van der Waals surface area (Å²) in [6.07, 6.45) is 3.13. The van der Waals surface area contributed by atoms with Gasteiger partial charge in [-0.3, -0.25) is 14.4 Å². The molecule has 5 nitrogen and oxygen atoms in total. The van der Waals surface area contributed by atoms with Gasteiger partial charge in [0, 0.05) is 18.2 Å². The monoisotopic (exact) mass is 362 g/mol. The highest BCUT2D eigenvalue weighted by atomic mass is 16.2. The summed E-state index contributed by atoms with van der Waals surface area (Å²) < 4.78 is 0. The predicted molar refractivity (Wildman–Crippen MR) is 103 cm³/mol. The van der Waals surface area contributed by atoms with E-state index in [1.165, 1.54) is 4.90 Å². The van der Waals surface area contributed by atoms with Crippen LogP contribution in [0, 0.1) is 6.92 Å². The van der Waals surface area contributed by atoms with Gasteiger partial charge in [0.15, 0.2) is 0 Å². The lowest BCUT2D eigenvalue weighted by Crippen LogP contribution is -2.42. The number of benzene rings is 2. The predicted octanol–water partition coefficient (Wildman–Crippen LogP) is 3.81. The van der Waals surface area contributed by atoms with Crippen molar-refractivity contribution in [2.45, 2.75) is 39.2 Å². The standard InChI is InChI=1S/C22H22N2O3/c1-14-6-9-17(10-7-14)24-21(26)18-11-8-16(13-19(18)22(24)27)20(25)23-12-4-3-5-15(23)2/h6-11,13,15H,3-5,12H2,1-2H3/t15-/m0/s1. The first-order valence-corrected chi connectivity index (χ1v) is 9.38. The van der Waals surface area contributed by atoms with E-state index < -0.39 is 0 Å². The van der Waals surface area contributed by atoms with E-state index >= 15 is 0 Å². The van der Waals surface area contributed by atoms with Crippen LogP contribution in [0.15, 0.2) is 42.5 Å². The molecule has 2 heterocycles. The fraction of sp³-hybridized carbons (Fsp3) is 0.318. The molecule has 1 atom stereocenters. The number of likely N-dealkylation sites (tertiary alicyclic amines) is 1. The Morgan fingerprint density at radius 1 is 0.963 bits per heavy atom. The summed E-state index contributed by atoms with van der Waals surface area (Å²) in [6, 6.07) is 12.3. The number of anilines is 1. The Morgan fingerprint density at radius 3 is 2.37 bits per heavy atom. The lowest BCUT2D eigenvalue weighted by atomic mass is 10.0. The van der Waals surface area contributed by atoms with Gasteiger partial charge in [-0.25, -0.2) is 4.90 Å². The second-order valence-corrected chi connectivity index (χ2v) is 7.38. The number of hydrogen-bond acceptors (Lipinski definition) is 3. The summed E-state index contributed by atoms with van der Waals surface area (Å²) in [7, 11) is 0. The molecule has 3 amide bonds. The Balaban J connectivity index is 1.66. The SMILES string of the molecule is Cc1ccc(N2C(=O)c3ccc(C(=O)N4CCCC[C@@H]4C)cc3C2=O)cc1.